The van der Waals surface area contributed by atoms with Gasteiger partial charge in [-0.05, 0) is 43.7 Å². The minimum absolute atomic E-state index is 0.157. The van der Waals surface area contributed by atoms with Crippen molar-refractivity contribution in [2.24, 2.45) is 0 Å². The second-order valence-corrected chi connectivity index (χ2v) is 4.13. The number of rotatable bonds is 0. The van der Waals surface area contributed by atoms with Crippen molar-refractivity contribution < 1.29 is 4.39 Å². The highest BCUT2D eigenvalue weighted by atomic mass is 19.1. The van der Waals surface area contributed by atoms with E-state index >= 15 is 0 Å². The fourth-order valence-electron chi connectivity index (χ4n) is 2.40. The molecule has 2 nitrogen and oxygen atoms in total. The molecule has 3 heteroatoms. The van der Waals surface area contributed by atoms with Crippen LogP contribution in [0.15, 0.2) is 18.2 Å². The van der Waals surface area contributed by atoms with Gasteiger partial charge in [0.05, 0.1) is 0 Å². The van der Waals surface area contributed by atoms with Crippen LogP contribution in [0, 0.1) is 5.82 Å². The fourth-order valence-corrected chi connectivity index (χ4v) is 2.40. The number of hydrogen-bond acceptors (Lipinski definition) is 1. The van der Waals surface area contributed by atoms with E-state index in [2.05, 4.69) is 17.2 Å². The summed E-state index contributed by atoms with van der Waals surface area (Å²) in [5.41, 5.74) is 3.52. The van der Waals surface area contributed by atoms with Gasteiger partial charge in [0.25, 0.3) is 0 Å². The number of aromatic amines is 1. The SMILES string of the molecule is CC1NCCc2c1[nH]c1ccc(F)cc21. The number of nitrogens with one attached hydrogen (secondary N) is 2. The van der Waals surface area contributed by atoms with Gasteiger partial charge < -0.3 is 10.3 Å². The van der Waals surface area contributed by atoms with Gasteiger partial charge in [0.1, 0.15) is 5.82 Å². The zero-order valence-corrected chi connectivity index (χ0v) is 8.60. The van der Waals surface area contributed by atoms with Gasteiger partial charge in [-0.2, -0.15) is 0 Å². The molecule has 2 N–H and O–H groups in total. The monoisotopic (exact) mass is 204 g/mol. The highest BCUT2D eigenvalue weighted by molar-refractivity contribution is 5.85. The Hall–Kier alpha value is -1.35. The average Bonchev–Trinajstić information content (AvgIpc) is 2.58. The van der Waals surface area contributed by atoms with Crippen molar-refractivity contribution >= 4 is 10.9 Å². The number of halogens is 1. The van der Waals surface area contributed by atoms with E-state index in [9.17, 15) is 4.39 Å². The molecule has 1 aromatic heterocycles. The van der Waals surface area contributed by atoms with Crippen molar-refractivity contribution in [3.05, 3.63) is 35.3 Å². The van der Waals surface area contributed by atoms with Gasteiger partial charge >= 0.3 is 0 Å². The predicted molar refractivity (Wildman–Crippen MR) is 58.4 cm³/mol. The molecule has 1 atom stereocenters. The van der Waals surface area contributed by atoms with Crippen LogP contribution in [0.2, 0.25) is 0 Å². The van der Waals surface area contributed by atoms with Crippen LogP contribution in [0.25, 0.3) is 10.9 Å². The van der Waals surface area contributed by atoms with Crippen molar-refractivity contribution in [3.8, 4) is 0 Å². The van der Waals surface area contributed by atoms with Crippen molar-refractivity contribution in [3.63, 3.8) is 0 Å². The van der Waals surface area contributed by atoms with Crippen LogP contribution in [0.1, 0.15) is 24.2 Å². The summed E-state index contributed by atoms with van der Waals surface area (Å²) in [4.78, 5) is 3.36. The standard InChI is InChI=1S/C12H13FN2/c1-7-12-9(4-5-14-7)10-6-8(13)2-3-11(10)15-12/h2-3,6-7,14-15H,4-5H2,1H3. The van der Waals surface area contributed by atoms with E-state index in [1.165, 1.54) is 17.3 Å². The average molecular weight is 204 g/mol. The minimum Gasteiger partial charge on any atom is -0.357 e. The summed E-state index contributed by atoms with van der Waals surface area (Å²) < 4.78 is 13.2. The summed E-state index contributed by atoms with van der Waals surface area (Å²) in [5.74, 6) is -0.157. The van der Waals surface area contributed by atoms with E-state index in [1.807, 2.05) is 6.07 Å². The van der Waals surface area contributed by atoms with E-state index in [-0.39, 0.29) is 5.82 Å². The Morgan fingerprint density at radius 1 is 1.40 bits per heavy atom. The smallest absolute Gasteiger partial charge is 0.123 e. The van der Waals surface area contributed by atoms with Crippen LogP contribution < -0.4 is 5.32 Å². The highest BCUT2D eigenvalue weighted by Gasteiger charge is 2.20. The zero-order valence-electron chi connectivity index (χ0n) is 8.60. The van der Waals surface area contributed by atoms with Crippen molar-refractivity contribution in [2.75, 3.05) is 6.54 Å². The topological polar surface area (TPSA) is 27.8 Å². The van der Waals surface area contributed by atoms with E-state index < -0.39 is 0 Å². The summed E-state index contributed by atoms with van der Waals surface area (Å²) in [6.45, 7) is 3.10. The minimum atomic E-state index is -0.157. The zero-order chi connectivity index (χ0) is 10.4. The molecule has 1 aliphatic heterocycles. The summed E-state index contributed by atoms with van der Waals surface area (Å²) in [5, 5.41) is 4.43. The summed E-state index contributed by atoms with van der Waals surface area (Å²) >= 11 is 0. The number of hydrogen-bond donors (Lipinski definition) is 2. The van der Waals surface area contributed by atoms with E-state index in [0.717, 1.165) is 23.9 Å². The molecular formula is C12H13FN2. The first-order valence-corrected chi connectivity index (χ1v) is 5.29. The summed E-state index contributed by atoms with van der Waals surface area (Å²) in [7, 11) is 0. The molecule has 0 spiro atoms. The molecule has 3 rings (SSSR count). The largest absolute Gasteiger partial charge is 0.357 e. The molecule has 0 aliphatic carbocycles. The van der Waals surface area contributed by atoms with Crippen molar-refractivity contribution in [1.82, 2.24) is 10.3 Å². The predicted octanol–water partition coefficient (Wildman–Crippen LogP) is 2.51. The molecule has 1 aliphatic rings. The van der Waals surface area contributed by atoms with Gasteiger partial charge in [-0.15, -0.1) is 0 Å². The van der Waals surface area contributed by atoms with Crippen molar-refractivity contribution in [2.45, 2.75) is 19.4 Å². The number of H-pyrrole nitrogens is 1. The van der Waals surface area contributed by atoms with E-state index in [1.54, 1.807) is 6.07 Å². The Morgan fingerprint density at radius 2 is 2.27 bits per heavy atom. The van der Waals surface area contributed by atoms with Crippen LogP contribution in [-0.4, -0.2) is 11.5 Å². The lowest BCUT2D eigenvalue weighted by Crippen LogP contribution is -2.27. The maximum atomic E-state index is 13.2. The molecular weight excluding hydrogens is 191 g/mol. The molecule has 15 heavy (non-hydrogen) atoms. The molecule has 2 heterocycles. The quantitative estimate of drug-likeness (QED) is 0.678. The second-order valence-electron chi connectivity index (χ2n) is 4.13. The van der Waals surface area contributed by atoms with Gasteiger partial charge in [0.2, 0.25) is 0 Å². The molecule has 0 amide bonds. The molecule has 1 aromatic carbocycles. The molecule has 1 unspecified atom stereocenters. The van der Waals surface area contributed by atoms with Gasteiger partial charge in [0, 0.05) is 22.6 Å². The Labute approximate surface area is 87.5 Å². The van der Waals surface area contributed by atoms with Crippen LogP contribution >= 0.6 is 0 Å². The third-order valence-corrected chi connectivity index (χ3v) is 3.16. The molecule has 2 aromatic rings. The summed E-state index contributed by atoms with van der Waals surface area (Å²) in [6.07, 6.45) is 0.975. The molecule has 0 saturated heterocycles. The molecule has 0 bridgehead atoms. The van der Waals surface area contributed by atoms with Crippen LogP contribution in [0.5, 0.6) is 0 Å². The third kappa shape index (κ3) is 1.27. The Bertz CT molecular complexity index is 516. The van der Waals surface area contributed by atoms with Crippen LogP contribution in [0.4, 0.5) is 4.39 Å². The highest BCUT2D eigenvalue weighted by Crippen LogP contribution is 2.29. The molecule has 0 radical (unpaired) electrons. The lowest BCUT2D eigenvalue weighted by atomic mass is 10.0. The van der Waals surface area contributed by atoms with Gasteiger partial charge in [0.15, 0.2) is 0 Å². The van der Waals surface area contributed by atoms with Crippen molar-refractivity contribution in [1.29, 1.82) is 0 Å². The third-order valence-electron chi connectivity index (χ3n) is 3.16. The second kappa shape index (κ2) is 3.07. The van der Waals surface area contributed by atoms with Gasteiger partial charge in [-0.25, -0.2) is 4.39 Å². The first kappa shape index (κ1) is 8.92. The summed E-state index contributed by atoms with van der Waals surface area (Å²) in [6, 6.07) is 5.28. The van der Waals surface area contributed by atoms with E-state index in [4.69, 9.17) is 0 Å². The fraction of sp³-hybridized carbons (Fsp3) is 0.333. The first-order valence-electron chi connectivity index (χ1n) is 5.29. The lowest BCUT2D eigenvalue weighted by molar-refractivity contribution is 0.533. The first-order chi connectivity index (χ1) is 7.25. The van der Waals surface area contributed by atoms with E-state index in [0.29, 0.717) is 6.04 Å². The number of aromatic nitrogens is 1. The Kier molecular flexibility index (Phi) is 1.83. The maximum Gasteiger partial charge on any atom is 0.123 e. The Balaban J connectivity index is 2.31. The molecule has 78 valence electrons. The van der Waals surface area contributed by atoms with Gasteiger partial charge in [-0.3, -0.25) is 0 Å². The number of benzene rings is 1. The van der Waals surface area contributed by atoms with Crippen LogP contribution in [0.3, 0.4) is 0 Å². The maximum absolute atomic E-state index is 13.2. The van der Waals surface area contributed by atoms with Gasteiger partial charge in [-0.1, -0.05) is 0 Å². The Morgan fingerprint density at radius 3 is 3.13 bits per heavy atom. The molecule has 0 saturated carbocycles. The lowest BCUT2D eigenvalue weighted by Gasteiger charge is -2.20. The number of fused-ring (bicyclic) bond motifs is 3. The normalized spacial score (nSPS) is 20.5. The van der Waals surface area contributed by atoms with Crippen LogP contribution in [-0.2, 0) is 6.42 Å². The molecule has 0 fully saturated rings.